The van der Waals surface area contributed by atoms with Gasteiger partial charge >= 0.3 is 5.97 Å². The highest BCUT2D eigenvalue weighted by Crippen LogP contribution is 2.21. The molecule has 1 N–H and O–H groups in total. The van der Waals surface area contributed by atoms with E-state index < -0.39 is 16.0 Å². The van der Waals surface area contributed by atoms with Crippen LogP contribution in [0.5, 0.6) is 0 Å². The van der Waals surface area contributed by atoms with E-state index in [9.17, 15) is 13.2 Å². The van der Waals surface area contributed by atoms with Gasteiger partial charge in [-0.3, -0.25) is 0 Å². The summed E-state index contributed by atoms with van der Waals surface area (Å²) in [5.41, 5.74) is 0.666. The number of hydrogen-bond acceptors (Lipinski definition) is 3. The molecule has 0 amide bonds. The number of rotatable bonds is 5. The van der Waals surface area contributed by atoms with Gasteiger partial charge in [-0.05, 0) is 38.0 Å². The molecule has 0 aromatic heterocycles. The number of aromatic carboxylic acids is 1. The van der Waals surface area contributed by atoms with Gasteiger partial charge in [-0.15, -0.1) is 0 Å². The summed E-state index contributed by atoms with van der Waals surface area (Å²) in [5.74, 6) is -1.11. The van der Waals surface area contributed by atoms with E-state index in [2.05, 4.69) is 0 Å². The normalized spacial score (nSPS) is 12.1. The van der Waals surface area contributed by atoms with Gasteiger partial charge in [-0.25, -0.2) is 13.2 Å². The lowest BCUT2D eigenvalue weighted by atomic mass is 10.1. The molecule has 19 heavy (non-hydrogen) atoms. The highest BCUT2D eigenvalue weighted by molar-refractivity contribution is 7.89. The van der Waals surface area contributed by atoms with Crippen molar-refractivity contribution in [3.8, 4) is 0 Å². The molecule has 0 aliphatic heterocycles. The van der Waals surface area contributed by atoms with Gasteiger partial charge in [-0.1, -0.05) is 13.0 Å². The lowest BCUT2D eigenvalue weighted by Gasteiger charge is -2.21. The molecular weight excluding hydrogens is 266 g/mol. The Kier molecular flexibility index (Phi) is 4.70. The number of sulfonamides is 1. The van der Waals surface area contributed by atoms with Gasteiger partial charge in [0, 0.05) is 13.1 Å². The Bertz CT molecular complexity index is 578. The lowest BCUT2D eigenvalue weighted by molar-refractivity contribution is 0.0695. The van der Waals surface area contributed by atoms with Crippen LogP contribution < -0.4 is 0 Å². The molecule has 5 nitrogen and oxygen atoms in total. The standard InChI is InChI=1S/C13H19NO4S/c1-5-10-6-7-11(8-12(10)13(15)16)19(17,18)14(4)9(2)3/h6-9H,5H2,1-4H3,(H,15,16). The molecule has 0 saturated carbocycles. The van der Waals surface area contributed by atoms with E-state index in [-0.39, 0.29) is 16.5 Å². The first-order valence-corrected chi connectivity index (χ1v) is 7.50. The fourth-order valence-corrected chi connectivity index (χ4v) is 3.06. The van der Waals surface area contributed by atoms with Crippen molar-refractivity contribution in [3.05, 3.63) is 29.3 Å². The maximum absolute atomic E-state index is 12.3. The first kappa shape index (κ1) is 15.7. The maximum Gasteiger partial charge on any atom is 0.336 e. The molecule has 6 heteroatoms. The number of carboxylic acids is 1. The third kappa shape index (κ3) is 3.13. The van der Waals surface area contributed by atoms with Crippen LogP contribution in [0.1, 0.15) is 36.7 Å². The van der Waals surface area contributed by atoms with Crippen molar-refractivity contribution in [1.82, 2.24) is 4.31 Å². The predicted octanol–water partition coefficient (Wildman–Crippen LogP) is 1.98. The largest absolute Gasteiger partial charge is 0.478 e. The van der Waals surface area contributed by atoms with Crippen LogP contribution >= 0.6 is 0 Å². The van der Waals surface area contributed by atoms with E-state index in [1.807, 2.05) is 6.92 Å². The van der Waals surface area contributed by atoms with E-state index >= 15 is 0 Å². The smallest absolute Gasteiger partial charge is 0.336 e. The number of aryl methyl sites for hydroxylation is 1. The van der Waals surface area contributed by atoms with Crippen molar-refractivity contribution in [3.63, 3.8) is 0 Å². The fraction of sp³-hybridized carbons (Fsp3) is 0.462. The van der Waals surface area contributed by atoms with Crippen molar-refractivity contribution >= 4 is 16.0 Å². The van der Waals surface area contributed by atoms with Crippen LogP contribution in [0.4, 0.5) is 0 Å². The van der Waals surface area contributed by atoms with Crippen molar-refractivity contribution in [2.45, 2.75) is 38.1 Å². The molecule has 1 aromatic carbocycles. The number of carboxylic acid groups (broad SMARTS) is 1. The second kappa shape index (κ2) is 5.71. The summed E-state index contributed by atoms with van der Waals surface area (Å²) < 4.78 is 25.8. The van der Waals surface area contributed by atoms with Gasteiger partial charge in [-0.2, -0.15) is 4.31 Å². The van der Waals surface area contributed by atoms with Crippen LogP contribution in [0, 0.1) is 0 Å². The van der Waals surface area contributed by atoms with Crippen LogP contribution in [0.15, 0.2) is 23.1 Å². The Balaban J connectivity index is 3.38. The molecule has 0 saturated heterocycles. The zero-order chi connectivity index (χ0) is 14.8. The number of benzene rings is 1. The molecule has 0 heterocycles. The quantitative estimate of drug-likeness (QED) is 0.897. The molecule has 0 spiro atoms. The van der Waals surface area contributed by atoms with Gasteiger partial charge in [0.1, 0.15) is 0 Å². The van der Waals surface area contributed by atoms with Crippen LogP contribution in [0.3, 0.4) is 0 Å². The highest BCUT2D eigenvalue weighted by Gasteiger charge is 2.24. The Labute approximate surface area is 113 Å². The number of hydrogen-bond donors (Lipinski definition) is 1. The van der Waals surface area contributed by atoms with Gasteiger partial charge in [0.15, 0.2) is 0 Å². The summed E-state index contributed by atoms with van der Waals surface area (Å²) >= 11 is 0. The Morgan fingerprint density at radius 3 is 2.37 bits per heavy atom. The molecule has 0 atom stereocenters. The van der Waals surface area contributed by atoms with Crippen LogP contribution in [0.25, 0.3) is 0 Å². The molecule has 0 aliphatic rings. The lowest BCUT2D eigenvalue weighted by Crippen LogP contribution is -2.33. The molecule has 1 aromatic rings. The highest BCUT2D eigenvalue weighted by atomic mass is 32.2. The number of nitrogens with zero attached hydrogens (tertiary/aromatic N) is 1. The molecule has 0 unspecified atom stereocenters. The molecule has 0 fully saturated rings. The monoisotopic (exact) mass is 285 g/mol. The summed E-state index contributed by atoms with van der Waals surface area (Å²) in [6.07, 6.45) is 0.544. The third-order valence-corrected chi connectivity index (χ3v) is 5.13. The van der Waals surface area contributed by atoms with Crippen molar-refractivity contribution < 1.29 is 18.3 Å². The Morgan fingerprint density at radius 2 is 1.95 bits per heavy atom. The maximum atomic E-state index is 12.3. The second-order valence-corrected chi connectivity index (χ2v) is 6.59. The topological polar surface area (TPSA) is 74.7 Å². The van der Waals surface area contributed by atoms with Gasteiger partial charge in [0.05, 0.1) is 10.5 Å². The van der Waals surface area contributed by atoms with E-state index in [1.54, 1.807) is 19.9 Å². The summed E-state index contributed by atoms with van der Waals surface area (Å²) in [6.45, 7) is 5.35. The average Bonchev–Trinajstić information content (AvgIpc) is 2.36. The first-order chi connectivity index (χ1) is 8.71. The molecular formula is C13H19NO4S. The summed E-state index contributed by atoms with van der Waals surface area (Å²) in [7, 11) is -2.17. The SMILES string of the molecule is CCc1ccc(S(=O)(=O)N(C)C(C)C)cc1C(=O)O. The fourth-order valence-electron chi connectivity index (χ4n) is 1.67. The van der Waals surface area contributed by atoms with E-state index in [1.165, 1.54) is 23.5 Å². The third-order valence-electron chi connectivity index (χ3n) is 3.10. The zero-order valence-electron chi connectivity index (χ0n) is 11.5. The van der Waals surface area contributed by atoms with Crippen LogP contribution in [-0.2, 0) is 16.4 Å². The molecule has 0 bridgehead atoms. The Hall–Kier alpha value is -1.40. The van der Waals surface area contributed by atoms with Gasteiger partial charge in [0.25, 0.3) is 0 Å². The van der Waals surface area contributed by atoms with Crippen molar-refractivity contribution in [2.75, 3.05) is 7.05 Å². The summed E-state index contributed by atoms with van der Waals surface area (Å²) in [5, 5.41) is 9.13. The van der Waals surface area contributed by atoms with Crippen LogP contribution in [0.2, 0.25) is 0 Å². The van der Waals surface area contributed by atoms with Crippen molar-refractivity contribution in [2.24, 2.45) is 0 Å². The van der Waals surface area contributed by atoms with Crippen molar-refractivity contribution in [1.29, 1.82) is 0 Å². The summed E-state index contributed by atoms with van der Waals surface area (Å²) in [6, 6.07) is 4.06. The molecule has 106 valence electrons. The van der Waals surface area contributed by atoms with Gasteiger partial charge < -0.3 is 5.11 Å². The Morgan fingerprint density at radius 1 is 1.37 bits per heavy atom. The van der Waals surface area contributed by atoms with Gasteiger partial charge in [0.2, 0.25) is 10.0 Å². The minimum absolute atomic E-state index is 0.0123. The molecule has 0 aliphatic carbocycles. The van der Waals surface area contributed by atoms with E-state index in [0.29, 0.717) is 12.0 Å². The zero-order valence-corrected chi connectivity index (χ0v) is 12.4. The minimum Gasteiger partial charge on any atom is -0.478 e. The minimum atomic E-state index is -3.65. The average molecular weight is 285 g/mol. The predicted molar refractivity (Wildman–Crippen MR) is 72.9 cm³/mol. The second-order valence-electron chi connectivity index (χ2n) is 4.59. The van der Waals surface area contributed by atoms with Crippen LogP contribution in [-0.4, -0.2) is 36.9 Å². The van der Waals surface area contributed by atoms with E-state index in [0.717, 1.165) is 0 Å². The molecule has 1 rings (SSSR count). The molecule has 0 radical (unpaired) electrons. The van der Waals surface area contributed by atoms with E-state index in [4.69, 9.17) is 5.11 Å². The summed E-state index contributed by atoms with van der Waals surface area (Å²) in [4.78, 5) is 11.2. The first-order valence-electron chi connectivity index (χ1n) is 6.06. The number of carbonyl (C=O) groups is 1.